The van der Waals surface area contributed by atoms with E-state index in [1.54, 1.807) is 5.48 Å². The lowest BCUT2D eigenvalue weighted by Crippen LogP contribution is -2.62. The topological polar surface area (TPSA) is 105 Å². The number of ketones is 1. The number of hydrogen-bond acceptors (Lipinski definition) is 5. The Hall–Kier alpha value is -1.89. The highest BCUT2D eigenvalue weighted by molar-refractivity contribution is 5.95. The van der Waals surface area contributed by atoms with Crippen LogP contribution < -0.4 is 10.8 Å². The third-order valence-corrected chi connectivity index (χ3v) is 11.7. The van der Waals surface area contributed by atoms with Crippen molar-refractivity contribution in [2.45, 2.75) is 105 Å². The number of rotatable bonds is 2. The van der Waals surface area contributed by atoms with Gasteiger partial charge in [0.2, 0.25) is 0 Å². The molecular weight excluding hydrogens is 456 g/mol. The molecule has 0 spiro atoms. The summed E-state index contributed by atoms with van der Waals surface area (Å²) in [6, 6.07) is -0.553. The summed E-state index contributed by atoms with van der Waals surface area (Å²) in [4.78, 5) is 37.6. The van der Waals surface area contributed by atoms with E-state index < -0.39 is 6.03 Å². The van der Waals surface area contributed by atoms with Crippen LogP contribution in [0.2, 0.25) is 0 Å². The highest BCUT2D eigenvalue weighted by Crippen LogP contribution is 2.69. The van der Waals surface area contributed by atoms with Crippen molar-refractivity contribution in [3.05, 3.63) is 11.6 Å². The normalized spacial score (nSPS) is 47.8. The van der Waals surface area contributed by atoms with Crippen LogP contribution in [0.25, 0.3) is 0 Å². The van der Waals surface area contributed by atoms with E-state index in [9.17, 15) is 14.4 Å². The predicted octanol–water partition coefficient (Wildman–Crippen LogP) is 5.17. The van der Waals surface area contributed by atoms with Crippen LogP contribution >= 0.6 is 0 Å². The molecule has 5 rings (SSSR count). The summed E-state index contributed by atoms with van der Waals surface area (Å²) in [7, 11) is 0. The molecule has 2 amide bonds. The largest absolute Gasteiger partial charge is 0.462 e. The molecule has 0 aromatic heterocycles. The third-order valence-electron chi connectivity index (χ3n) is 11.7. The molecule has 0 bridgehead atoms. The molecule has 0 aromatic carbocycles. The van der Waals surface area contributed by atoms with Crippen molar-refractivity contribution in [3.8, 4) is 0 Å². The lowest BCUT2D eigenvalue weighted by atomic mass is 9.38. The van der Waals surface area contributed by atoms with Crippen LogP contribution in [0.15, 0.2) is 11.6 Å². The molecule has 0 heterocycles. The Morgan fingerprint density at radius 1 is 1.00 bits per heavy atom. The van der Waals surface area contributed by atoms with E-state index in [2.05, 4.69) is 33.0 Å². The van der Waals surface area contributed by atoms with Gasteiger partial charge in [-0.3, -0.25) is 14.8 Å². The molecule has 10 atom stereocenters. The third kappa shape index (κ3) is 3.83. The van der Waals surface area contributed by atoms with Gasteiger partial charge in [-0.2, -0.15) is 0 Å². The molecule has 0 aliphatic heterocycles. The first-order valence-corrected chi connectivity index (χ1v) is 14.1. The maximum absolute atomic E-state index is 14.1. The number of hydroxylamine groups is 1. The van der Waals surface area contributed by atoms with Crippen molar-refractivity contribution >= 4 is 17.8 Å². The maximum Gasteiger partial charge on any atom is 0.338 e. The van der Waals surface area contributed by atoms with E-state index in [-0.39, 0.29) is 52.1 Å². The molecule has 200 valence electrons. The summed E-state index contributed by atoms with van der Waals surface area (Å²) in [6.45, 7) is 10.8. The van der Waals surface area contributed by atoms with Crippen molar-refractivity contribution in [2.24, 2.45) is 45.8 Å². The van der Waals surface area contributed by atoms with E-state index >= 15 is 0 Å². The predicted molar refractivity (Wildman–Crippen MR) is 135 cm³/mol. The number of carbonyl (C=O) groups excluding carboxylic acids is 3. The van der Waals surface area contributed by atoms with Gasteiger partial charge < -0.3 is 10.1 Å². The van der Waals surface area contributed by atoms with E-state index in [4.69, 9.17) is 9.94 Å². The van der Waals surface area contributed by atoms with E-state index in [0.29, 0.717) is 17.6 Å². The van der Waals surface area contributed by atoms with Crippen molar-refractivity contribution < 1.29 is 24.3 Å². The summed E-state index contributed by atoms with van der Waals surface area (Å²) in [5.74, 6) is 1.39. The quantitative estimate of drug-likeness (QED) is 0.276. The van der Waals surface area contributed by atoms with Gasteiger partial charge in [-0.25, -0.2) is 10.3 Å². The molecule has 5 aliphatic rings. The van der Waals surface area contributed by atoms with Gasteiger partial charge in [0, 0.05) is 18.9 Å². The van der Waals surface area contributed by atoms with Gasteiger partial charge in [0.15, 0.2) is 5.78 Å². The van der Waals surface area contributed by atoms with Gasteiger partial charge in [-0.05, 0) is 104 Å². The van der Waals surface area contributed by atoms with Crippen LogP contribution in [0, 0.1) is 45.8 Å². The molecule has 0 radical (unpaired) electrons. The first-order chi connectivity index (χ1) is 16.9. The Bertz CT molecular complexity index is 979. The number of urea groups is 1. The van der Waals surface area contributed by atoms with Gasteiger partial charge in [0.05, 0.1) is 0 Å². The van der Waals surface area contributed by atoms with Crippen LogP contribution in [0.3, 0.4) is 0 Å². The molecule has 7 nitrogen and oxygen atoms in total. The number of amides is 2. The molecule has 36 heavy (non-hydrogen) atoms. The lowest BCUT2D eigenvalue weighted by Gasteiger charge is -2.65. The number of carbonyl (C=O) groups is 3. The summed E-state index contributed by atoms with van der Waals surface area (Å²) < 4.78 is 5.70. The Morgan fingerprint density at radius 3 is 2.39 bits per heavy atom. The number of hydrogen-bond donors (Lipinski definition) is 3. The second-order valence-electron chi connectivity index (χ2n) is 13.5. The summed E-state index contributed by atoms with van der Waals surface area (Å²) in [5, 5.41) is 11.9. The number of fused-ring (bicyclic) bond motifs is 7. The van der Waals surface area contributed by atoms with Crippen molar-refractivity contribution in [1.29, 1.82) is 0 Å². The van der Waals surface area contributed by atoms with Crippen LogP contribution in [-0.4, -0.2) is 35.1 Å². The van der Waals surface area contributed by atoms with Crippen LogP contribution in [0.5, 0.6) is 0 Å². The van der Waals surface area contributed by atoms with Crippen LogP contribution in [0.1, 0.15) is 92.4 Å². The maximum atomic E-state index is 14.1. The average molecular weight is 501 g/mol. The Balaban J connectivity index is 1.46. The highest BCUT2D eigenvalue weighted by atomic mass is 16.5. The first-order valence-electron chi connectivity index (χ1n) is 14.1. The fourth-order valence-corrected chi connectivity index (χ4v) is 10.1. The molecule has 0 saturated heterocycles. The summed E-state index contributed by atoms with van der Waals surface area (Å²) >= 11 is 0. The molecule has 0 aromatic rings. The molecule has 5 aliphatic carbocycles. The average Bonchev–Trinajstić information content (AvgIpc) is 2.80. The lowest BCUT2D eigenvalue weighted by molar-refractivity contribution is -0.180. The Morgan fingerprint density at radius 2 is 1.69 bits per heavy atom. The van der Waals surface area contributed by atoms with Crippen LogP contribution in [-0.2, 0) is 14.3 Å². The Labute approximate surface area is 215 Å². The zero-order valence-electron chi connectivity index (χ0n) is 22.6. The second-order valence-corrected chi connectivity index (χ2v) is 13.5. The molecule has 4 fully saturated rings. The van der Waals surface area contributed by atoms with E-state index in [1.807, 2.05) is 6.08 Å². The van der Waals surface area contributed by atoms with Crippen molar-refractivity contribution in [2.75, 3.05) is 0 Å². The molecule has 3 N–H and O–H groups in total. The standard InChI is InChI=1S/C29H44N2O5/c1-16-20-8-12-29(5)21-7-11-27(3)10-6-18(30-26(34)31-35)14-22(27)19(21)15-23(33)25(29)28(20,4)13-9-24(16)36-17(2)32/h15-16,18,20-22,24-25,35H,6-14H2,1-5H3,(H2,30,31,34). The molecular formula is C29H44N2O5. The van der Waals surface area contributed by atoms with E-state index in [1.165, 1.54) is 12.5 Å². The van der Waals surface area contributed by atoms with Crippen LogP contribution in [0.4, 0.5) is 4.79 Å². The fraction of sp³-hybridized carbons (Fsp3) is 0.828. The fourth-order valence-electron chi connectivity index (χ4n) is 10.1. The summed E-state index contributed by atoms with van der Waals surface area (Å²) in [5.41, 5.74) is 3.03. The minimum atomic E-state index is -0.554. The number of esters is 1. The van der Waals surface area contributed by atoms with Crippen molar-refractivity contribution in [3.63, 3.8) is 0 Å². The zero-order chi connectivity index (χ0) is 26.0. The monoisotopic (exact) mass is 500 g/mol. The molecule has 4 saturated carbocycles. The zero-order valence-corrected chi connectivity index (χ0v) is 22.6. The van der Waals surface area contributed by atoms with Gasteiger partial charge in [0.1, 0.15) is 6.10 Å². The minimum Gasteiger partial charge on any atom is -0.462 e. The van der Waals surface area contributed by atoms with Gasteiger partial charge in [-0.1, -0.05) is 33.3 Å². The minimum absolute atomic E-state index is 0.000244. The van der Waals surface area contributed by atoms with Gasteiger partial charge in [0.25, 0.3) is 0 Å². The van der Waals surface area contributed by atoms with Gasteiger partial charge >= 0.3 is 12.0 Å². The number of ether oxygens (including phenoxy) is 1. The molecule has 10 unspecified atom stereocenters. The second kappa shape index (κ2) is 8.85. The highest BCUT2D eigenvalue weighted by Gasteiger charge is 2.65. The number of nitrogens with one attached hydrogen (secondary N) is 2. The SMILES string of the molecule is CC(=O)OC1CCC2(C)C(CCC3(C)C4CCC5(C)CCC(NC(=O)NO)CC5C4=CC(=O)C32)C1C. The number of allylic oxidation sites excluding steroid dienone is 2. The molecule has 7 heteroatoms. The smallest absolute Gasteiger partial charge is 0.338 e. The van der Waals surface area contributed by atoms with E-state index in [0.717, 1.165) is 57.8 Å². The van der Waals surface area contributed by atoms with Gasteiger partial charge in [-0.15, -0.1) is 0 Å². The first kappa shape index (κ1) is 25.7. The summed E-state index contributed by atoms with van der Waals surface area (Å²) in [6.07, 6.45) is 10.8. The van der Waals surface area contributed by atoms with Crippen molar-refractivity contribution in [1.82, 2.24) is 10.8 Å². The Kier molecular flexibility index (Phi) is 6.33.